The predicted molar refractivity (Wildman–Crippen MR) is 103 cm³/mol. The lowest BCUT2D eigenvalue weighted by molar-refractivity contribution is -0.129. The summed E-state index contributed by atoms with van der Waals surface area (Å²) in [5.41, 5.74) is 0.615. The zero-order chi connectivity index (χ0) is 20.1. The van der Waals surface area contributed by atoms with E-state index in [1.165, 1.54) is 4.90 Å². The lowest BCUT2D eigenvalue weighted by Crippen LogP contribution is -2.52. The number of hydrogen-bond donors (Lipinski definition) is 1. The summed E-state index contributed by atoms with van der Waals surface area (Å²) in [6.07, 6.45) is 0.979. The zero-order valence-electron chi connectivity index (χ0n) is 16.3. The largest absolute Gasteiger partial charge is 0.478 e. The van der Waals surface area contributed by atoms with E-state index in [4.69, 9.17) is 9.47 Å². The Bertz CT molecular complexity index is 730. The first-order valence-corrected chi connectivity index (χ1v) is 9.81. The second kappa shape index (κ2) is 8.95. The lowest BCUT2D eigenvalue weighted by atomic mass is 10.1. The number of carbonyl (C=O) groups excluding carboxylic acids is 3. The highest BCUT2D eigenvalue weighted by Crippen LogP contribution is 2.34. The highest BCUT2D eigenvalue weighted by atomic mass is 16.6. The van der Waals surface area contributed by atoms with E-state index < -0.39 is 6.10 Å². The number of benzene rings is 1. The molecule has 1 aromatic rings. The summed E-state index contributed by atoms with van der Waals surface area (Å²) in [6, 6.07) is 7.23. The third-order valence-electron chi connectivity index (χ3n) is 5.03. The molecule has 0 radical (unpaired) electrons. The fourth-order valence-corrected chi connectivity index (χ4v) is 3.54. The molecule has 0 aromatic heterocycles. The van der Waals surface area contributed by atoms with Crippen molar-refractivity contribution in [1.82, 2.24) is 10.2 Å². The van der Waals surface area contributed by atoms with Crippen LogP contribution < -0.4 is 15.0 Å². The molecule has 1 atom stereocenters. The first kappa shape index (κ1) is 20.0. The summed E-state index contributed by atoms with van der Waals surface area (Å²) in [5.74, 6) is 0.201. The number of carbonyl (C=O) groups is 3. The second-order valence-corrected chi connectivity index (χ2v) is 6.93. The van der Waals surface area contributed by atoms with Crippen molar-refractivity contribution >= 4 is 23.6 Å². The summed E-state index contributed by atoms with van der Waals surface area (Å²) >= 11 is 0. The molecule has 1 fully saturated rings. The van der Waals surface area contributed by atoms with Crippen LogP contribution in [0.25, 0.3) is 0 Å². The van der Waals surface area contributed by atoms with Crippen molar-refractivity contribution in [3.05, 3.63) is 24.3 Å². The van der Waals surface area contributed by atoms with Crippen LogP contribution in [-0.2, 0) is 14.3 Å². The van der Waals surface area contributed by atoms with Crippen molar-refractivity contribution < 1.29 is 23.9 Å². The number of rotatable bonds is 5. The minimum Gasteiger partial charge on any atom is -0.478 e. The molecular formula is C20H27N3O5. The number of amides is 3. The highest BCUT2D eigenvalue weighted by molar-refractivity contribution is 6.03. The van der Waals surface area contributed by atoms with E-state index in [9.17, 15) is 14.4 Å². The van der Waals surface area contributed by atoms with Gasteiger partial charge in [-0.3, -0.25) is 14.5 Å². The first-order chi connectivity index (χ1) is 13.5. The van der Waals surface area contributed by atoms with Crippen LogP contribution in [0, 0.1) is 0 Å². The van der Waals surface area contributed by atoms with E-state index in [1.807, 2.05) is 19.1 Å². The topological polar surface area (TPSA) is 88.2 Å². The SMILES string of the molecule is CCOC(=O)N1CCC(NC(=O)CN2C(=O)[C@@H](CC)Oc3ccccc32)CC1. The van der Waals surface area contributed by atoms with Crippen LogP contribution in [0.15, 0.2) is 24.3 Å². The number of nitrogens with zero attached hydrogens (tertiary/aromatic N) is 2. The average molecular weight is 389 g/mol. The van der Waals surface area contributed by atoms with Gasteiger partial charge in [0, 0.05) is 19.1 Å². The Balaban J connectivity index is 1.58. The summed E-state index contributed by atoms with van der Waals surface area (Å²) < 4.78 is 10.7. The fourth-order valence-electron chi connectivity index (χ4n) is 3.54. The third-order valence-corrected chi connectivity index (χ3v) is 5.03. The molecule has 28 heavy (non-hydrogen) atoms. The normalized spacial score (nSPS) is 19.6. The Morgan fingerprint density at radius 1 is 1.21 bits per heavy atom. The molecule has 1 N–H and O–H groups in total. The molecule has 152 valence electrons. The maximum absolute atomic E-state index is 12.7. The van der Waals surface area contributed by atoms with Crippen molar-refractivity contribution in [3.8, 4) is 5.75 Å². The number of anilines is 1. The molecule has 0 bridgehead atoms. The molecule has 8 nitrogen and oxygen atoms in total. The maximum Gasteiger partial charge on any atom is 0.409 e. The Labute approximate surface area is 164 Å². The monoisotopic (exact) mass is 389 g/mol. The third kappa shape index (κ3) is 4.37. The molecule has 8 heteroatoms. The summed E-state index contributed by atoms with van der Waals surface area (Å²) in [5, 5.41) is 2.99. The van der Waals surface area contributed by atoms with Gasteiger partial charge >= 0.3 is 6.09 Å². The number of likely N-dealkylation sites (tertiary alicyclic amines) is 1. The molecule has 2 aliphatic rings. The van der Waals surface area contributed by atoms with E-state index in [2.05, 4.69) is 5.32 Å². The minimum absolute atomic E-state index is 0.0217. The molecule has 3 amide bonds. The number of fused-ring (bicyclic) bond motifs is 1. The van der Waals surface area contributed by atoms with Crippen molar-refractivity contribution in [2.24, 2.45) is 0 Å². The number of ether oxygens (including phenoxy) is 2. The summed E-state index contributed by atoms with van der Waals surface area (Å²) in [7, 11) is 0. The van der Waals surface area contributed by atoms with Gasteiger partial charge in [-0.25, -0.2) is 4.79 Å². The smallest absolute Gasteiger partial charge is 0.409 e. The Morgan fingerprint density at radius 3 is 2.61 bits per heavy atom. The molecule has 1 aromatic carbocycles. The number of nitrogens with one attached hydrogen (secondary N) is 1. The van der Waals surface area contributed by atoms with Gasteiger partial charge in [-0.1, -0.05) is 19.1 Å². The molecule has 1 saturated heterocycles. The first-order valence-electron chi connectivity index (χ1n) is 9.81. The van der Waals surface area contributed by atoms with Gasteiger partial charge in [-0.2, -0.15) is 0 Å². The molecule has 0 saturated carbocycles. The van der Waals surface area contributed by atoms with Crippen molar-refractivity contribution in [1.29, 1.82) is 0 Å². The quantitative estimate of drug-likeness (QED) is 0.831. The second-order valence-electron chi connectivity index (χ2n) is 6.93. The van der Waals surface area contributed by atoms with E-state index in [-0.39, 0.29) is 30.5 Å². The van der Waals surface area contributed by atoms with Gasteiger partial charge in [0.25, 0.3) is 5.91 Å². The Kier molecular flexibility index (Phi) is 6.38. The van der Waals surface area contributed by atoms with Gasteiger partial charge in [0.05, 0.1) is 12.3 Å². The predicted octanol–water partition coefficient (Wildman–Crippen LogP) is 1.93. The number of para-hydroxylation sites is 2. The van der Waals surface area contributed by atoms with Crippen LogP contribution in [0.2, 0.25) is 0 Å². The van der Waals surface area contributed by atoms with Crippen LogP contribution in [0.1, 0.15) is 33.1 Å². The van der Waals surface area contributed by atoms with Gasteiger partial charge < -0.3 is 19.7 Å². The van der Waals surface area contributed by atoms with Crippen LogP contribution >= 0.6 is 0 Å². The fraction of sp³-hybridized carbons (Fsp3) is 0.550. The Hall–Kier alpha value is -2.77. The standard InChI is InChI=1S/C20H27N3O5/c1-3-16-19(25)23(15-7-5-6-8-17(15)28-16)13-18(24)21-14-9-11-22(12-10-14)20(26)27-4-2/h5-8,14,16H,3-4,9-13H2,1-2H3,(H,21,24)/t16-/m1/s1. The van der Waals surface area contributed by atoms with Crippen LogP contribution in [0.3, 0.4) is 0 Å². The minimum atomic E-state index is -0.574. The lowest BCUT2D eigenvalue weighted by Gasteiger charge is -2.35. The molecule has 2 aliphatic heterocycles. The molecule has 3 rings (SSSR count). The zero-order valence-corrected chi connectivity index (χ0v) is 16.3. The van der Waals surface area contributed by atoms with Gasteiger partial charge in [0.15, 0.2) is 6.10 Å². The van der Waals surface area contributed by atoms with E-state index in [0.29, 0.717) is 50.4 Å². The van der Waals surface area contributed by atoms with Gasteiger partial charge in [0.2, 0.25) is 5.91 Å². The molecule has 0 aliphatic carbocycles. The number of piperidine rings is 1. The van der Waals surface area contributed by atoms with E-state index >= 15 is 0 Å². The van der Waals surface area contributed by atoms with Gasteiger partial charge in [-0.05, 0) is 38.3 Å². The van der Waals surface area contributed by atoms with Crippen molar-refractivity contribution in [2.45, 2.75) is 45.3 Å². The summed E-state index contributed by atoms with van der Waals surface area (Å²) in [4.78, 5) is 40.2. The van der Waals surface area contributed by atoms with E-state index in [1.54, 1.807) is 24.0 Å². The molecule has 2 heterocycles. The van der Waals surface area contributed by atoms with Crippen molar-refractivity contribution in [3.63, 3.8) is 0 Å². The average Bonchev–Trinajstić information content (AvgIpc) is 2.70. The Morgan fingerprint density at radius 2 is 1.93 bits per heavy atom. The molecule has 0 unspecified atom stereocenters. The van der Waals surface area contributed by atoms with Crippen LogP contribution in [0.4, 0.5) is 10.5 Å². The highest BCUT2D eigenvalue weighted by Gasteiger charge is 2.34. The van der Waals surface area contributed by atoms with Crippen LogP contribution in [-0.4, -0.2) is 61.2 Å². The van der Waals surface area contributed by atoms with Gasteiger partial charge in [0.1, 0.15) is 12.3 Å². The van der Waals surface area contributed by atoms with Crippen LogP contribution in [0.5, 0.6) is 5.75 Å². The van der Waals surface area contributed by atoms with E-state index in [0.717, 1.165) is 0 Å². The van der Waals surface area contributed by atoms with Gasteiger partial charge in [-0.15, -0.1) is 0 Å². The number of hydrogen-bond acceptors (Lipinski definition) is 5. The molecule has 0 spiro atoms. The summed E-state index contributed by atoms with van der Waals surface area (Å²) in [6.45, 7) is 5.05. The maximum atomic E-state index is 12.7. The molecular weight excluding hydrogens is 362 g/mol. The van der Waals surface area contributed by atoms with Crippen molar-refractivity contribution in [2.75, 3.05) is 31.1 Å².